The molecule has 0 aromatic carbocycles. The Morgan fingerprint density at radius 2 is 2.50 bits per heavy atom. The number of aliphatic hydroxyl groups is 1. The Labute approximate surface area is 36.7 Å². The number of aliphatic hydroxyl groups excluding tert-OH is 1. The molecule has 0 aliphatic carbocycles. The maximum atomic E-state index is 9.54. The molecule has 0 rings (SSSR count). The van der Waals surface area contributed by atoms with Crippen molar-refractivity contribution in [3.63, 3.8) is 0 Å². The first-order valence-corrected chi connectivity index (χ1v) is 1.70. The molecule has 0 bridgehead atoms. The van der Waals surface area contributed by atoms with Crippen LogP contribution in [0.4, 0.5) is 0 Å². The predicted molar refractivity (Wildman–Crippen MR) is 21.8 cm³/mol. The normalized spacial score (nSPS) is 13.7. The van der Waals surface area contributed by atoms with Crippen LogP contribution in [0.1, 0.15) is 0 Å². The van der Waals surface area contributed by atoms with Gasteiger partial charge < -0.3 is 5.11 Å². The molecule has 0 heterocycles. The lowest BCUT2D eigenvalue weighted by Crippen LogP contribution is -2.04. The molecule has 1 radical (unpaired) electrons. The van der Waals surface area contributed by atoms with Crippen LogP contribution >= 0.6 is 0 Å². The maximum absolute atomic E-state index is 9.54. The summed E-state index contributed by atoms with van der Waals surface area (Å²) in [6.45, 7) is 2.70. The fourth-order valence-corrected chi connectivity index (χ4v) is 0.0680. The van der Waals surface area contributed by atoms with Crippen LogP contribution in [0.3, 0.4) is 0 Å². The standard InChI is InChI=1S/C4H7O2/c1-2-4(6)3-5/h2,4,6H,1,3H2. The van der Waals surface area contributed by atoms with Gasteiger partial charge in [0.15, 0.2) is 0 Å². The van der Waals surface area contributed by atoms with E-state index in [0.29, 0.717) is 0 Å². The Bertz CT molecular complexity index is 42.8. The molecule has 0 aromatic heterocycles. The van der Waals surface area contributed by atoms with E-state index >= 15 is 0 Å². The summed E-state index contributed by atoms with van der Waals surface area (Å²) in [6.07, 6.45) is 0.359. The topological polar surface area (TPSA) is 40.1 Å². The largest absolute Gasteiger partial charge is 0.387 e. The van der Waals surface area contributed by atoms with Crippen molar-refractivity contribution in [1.82, 2.24) is 0 Å². The van der Waals surface area contributed by atoms with Crippen molar-refractivity contribution < 1.29 is 10.2 Å². The van der Waals surface area contributed by atoms with E-state index in [-0.39, 0.29) is 0 Å². The van der Waals surface area contributed by atoms with Gasteiger partial charge in [0.2, 0.25) is 0 Å². The second-order valence-electron chi connectivity index (χ2n) is 0.970. The predicted octanol–water partition coefficient (Wildman–Crippen LogP) is -0.0362. The van der Waals surface area contributed by atoms with Gasteiger partial charge in [0.25, 0.3) is 0 Å². The van der Waals surface area contributed by atoms with Crippen molar-refractivity contribution >= 4 is 0 Å². The molecular formula is C4H7O2. The Kier molecular flexibility index (Phi) is 2.71. The molecule has 0 spiro atoms. The summed E-state index contributed by atoms with van der Waals surface area (Å²) in [7, 11) is 0. The molecule has 35 valence electrons. The minimum Gasteiger partial charge on any atom is -0.387 e. The van der Waals surface area contributed by atoms with Gasteiger partial charge in [-0.1, -0.05) is 6.08 Å². The molecule has 2 heteroatoms. The summed E-state index contributed by atoms with van der Waals surface area (Å²) >= 11 is 0. The Morgan fingerprint density at radius 1 is 2.00 bits per heavy atom. The molecule has 6 heavy (non-hydrogen) atoms. The van der Waals surface area contributed by atoms with Crippen LogP contribution < -0.4 is 0 Å². The Morgan fingerprint density at radius 3 is 2.50 bits per heavy atom. The average Bonchev–Trinajstić information content (AvgIpc) is 1.65. The van der Waals surface area contributed by atoms with Gasteiger partial charge >= 0.3 is 0 Å². The summed E-state index contributed by atoms with van der Waals surface area (Å²) in [5.74, 6) is 0. The molecule has 1 atom stereocenters. The van der Waals surface area contributed by atoms with E-state index in [1.807, 2.05) is 0 Å². The molecule has 0 saturated carbocycles. The molecule has 0 fully saturated rings. The smallest absolute Gasteiger partial charge is 0.112 e. The van der Waals surface area contributed by atoms with E-state index in [4.69, 9.17) is 5.11 Å². The minimum absolute atomic E-state index is 0.483. The molecule has 1 N–H and O–H groups in total. The van der Waals surface area contributed by atoms with Crippen LogP contribution in [-0.2, 0) is 5.11 Å². The van der Waals surface area contributed by atoms with Crippen LogP contribution in [0.2, 0.25) is 0 Å². The summed E-state index contributed by atoms with van der Waals surface area (Å²) < 4.78 is 0. The van der Waals surface area contributed by atoms with E-state index in [1.165, 1.54) is 6.08 Å². The van der Waals surface area contributed by atoms with Gasteiger partial charge in [0.1, 0.15) is 6.61 Å². The zero-order valence-corrected chi connectivity index (χ0v) is 3.42. The first kappa shape index (κ1) is 5.66. The summed E-state index contributed by atoms with van der Waals surface area (Å²) in [5.41, 5.74) is 0. The lowest BCUT2D eigenvalue weighted by atomic mass is 10.4. The minimum atomic E-state index is -0.856. The number of hydrogen-bond donors (Lipinski definition) is 1. The lowest BCUT2D eigenvalue weighted by molar-refractivity contribution is 0.0843. The van der Waals surface area contributed by atoms with Gasteiger partial charge in [0, 0.05) is 0 Å². The molecule has 2 nitrogen and oxygen atoms in total. The third-order valence-corrected chi connectivity index (χ3v) is 0.443. The van der Waals surface area contributed by atoms with E-state index < -0.39 is 12.7 Å². The zero-order valence-electron chi connectivity index (χ0n) is 3.42. The van der Waals surface area contributed by atoms with Crippen LogP contribution in [0.15, 0.2) is 12.7 Å². The summed E-state index contributed by atoms with van der Waals surface area (Å²) in [5, 5.41) is 17.8. The lowest BCUT2D eigenvalue weighted by Gasteiger charge is -1.90. The average molecular weight is 87.1 g/mol. The van der Waals surface area contributed by atoms with E-state index in [2.05, 4.69) is 6.58 Å². The summed E-state index contributed by atoms with van der Waals surface area (Å²) in [6, 6.07) is 0. The van der Waals surface area contributed by atoms with Gasteiger partial charge in [-0.15, -0.1) is 6.58 Å². The highest BCUT2D eigenvalue weighted by Gasteiger charge is 1.89. The number of hydrogen-bond acceptors (Lipinski definition) is 1. The van der Waals surface area contributed by atoms with Crippen LogP contribution in [0.5, 0.6) is 0 Å². The fraction of sp³-hybridized carbons (Fsp3) is 0.500. The van der Waals surface area contributed by atoms with Gasteiger partial charge in [-0.05, 0) is 0 Å². The quantitative estimate of drug-likeness (QED) is 0.472. The molecular weight excluding hydrogens is 80.0 g/mol. The second kappa shape index (κ2) is 2.87. The van der Waals surface area contributed by atoms with Crippen molar-refractivity contribution in [2.24, 2.45) is 0 Å². The highest BCUT2D eigenvalue weighted by molar-refractivity contribution is 4.75. The Balaban J connectivity index is 2.96. The monoisotopic (exact) mass is 87.0 g/mol. The second-order valence-corrected chi connectivity index (χ2v) is 0.970. The fourth-order valence-electron chi connectivity index (χ4n) is 0.0680. The zero-order chi connectivity index (χ0) is 4.99. The van der Waals surface area contributed by atoms with E-state index in [0.717, 1.165) is 0 Å². The van der Waals surface area contributed by atoms with E-state index in [1.54, 1.807) is 0 Å². The third kappa shape index (κ3) is 1.93. The highest BCUT2D eigenvalue weighted by atomic mass is 16.3. The molecule has 0 amide bonds. The van der Waals surface area contributed by atoms with Crippen molar-refractivity contribution in [3.05, 3.63) is 12.7 Å². The van der Waals surface area contributed by atoms with Crippen LogP contribution in [0, 0.1) is 0 Å². The maximum Gasteiger partial charge on any atom is 0.112 e. The molecule has 0 aliphatic rings. The third-order valence-electron chi connectivity index (χ3n) is 0.443. The SMILES string of the molecule is C=CC(O)C[O]. The van der Waals surface area contributed by atoms with Crippen molar-refractivity contribution in [3.8, 4) is 0 Å². The first-order valence-electron chi connectivity index (χ1n) is 1.70. The number of rotatable bonds is 2. The highest BCUT2D eigenvalue weighted by Crippen LogP contribution is 1.76. The van der Waals surface area contributed by atoms with Crippen LogP contribution in [-0.4, -0.2) is 17.8 Å². The summed E-state index contributed by atoms with van der Waals surface area (Å²) in [4.78, 5) is 0. The van der Waals surface area contributed by atoms with E-state index in [9.17, 15) is 5.11 Å². The van der Waals surface area contributed by atoms with Gasteiger partial charge in [-0.25, -0.2) is 5.11 Å². The molecule has 0 aliphatic heterocycles. The van der Waals surface area contributed by atoms with Crippen molar-refractivity contribution in [2.75, 3.05) is 6.61 Å². The molecule has 1 unspecified atom stereocenters. The van der Waals surface area contributed by atoms with Crippen LogP contribution in [0.25, 0.3) is 0 Å². The first-order chi connectivity index (χ1) is 2.81. The van der Waals surface area contributed by atoms with Gasteiger partial charge in [-0.3, -0.25) is 0 Å². The van der Waals surface area contributed by atoms with Crippen molar-refractivity contribution in [2.45, 2.75) is 6.10 Å². The van der Waals surface area contributed by atoms with Gasteiger partial charge in [-0.2, -0.15) is 0 Å². The Hall–Kier alpha value is -0.340. The molecule has 0 saturated heterocycles. The molecule has 0 aromatic rings. The van der Waals surface area contributed by atoms with Crippen molar-refractivity contribution in [1.29, 1.82) is 0 Å². The van der Waals surface area contributed by atoms with Gasteiger partial charge in [0.05, 0.1) is 6.10 Å².